The van der Waals surface area contributed by atoms with E-state index in [0.717, 1.165) is 30.4 Å². The van der Waals surface area contributed by atoms with Crippen LogP contribution in [0.25, 0.3) is 0 Å². The molecule has 1 aromatic rings. The van der Waals surface area contributed by atoms with Gasteiger partial charge in [-0.05, 0) is 56.1 Å². The lowest BCUT2D eigenvalue weighted by molar-refractivity contribution is -0.125. The highest BCUT2D eigenvalue weighted by Crippen LogP contribution is 2.16. The molecule has 1 heterocycles. The van der Waals surface area contributed by atoms with Crippen LogP contribution in [0.3, 0.4) is 0 Å². The molecule has 1 saturated heterocycles. The lowest BCUT2D eigenvalue weighted by Gasteiger charge is -2.22. The van der Waals surface area contributed by atoms with Crippen molar-refractivity contribution in [2.24, 2.45) is 5.92 Å². The maximum atomic E-state index is 12.0. The lowest BCUT2D eigenvalue weighted by Crippen LogP contribution is -2.37. The van der Waals surface area contributed by atoms with Crippen molar-refractivity contribution < 1.29 is 4.79 Å². The van der Waals surface area contributed by atoms with Gasteiger partial charge in [-0.3, -0.25) is 4.79 Å². The summed E-state index contributed by atoms with van der Waals surface area (Å²) in [5.41, 5.74) is 2.38. The first-order chi connectivity index (χ1) is 8.66. The van der Waals surface area contributed by atoms with E-state index in [1.807, 2.05) is 6.07 Å². The Kier molecular flexibility index (Phi) is 6.83. The van der Waals surface area contributed by atoms with Gasteiger partial charge in [0.1, 0.15) is 0 Å². The molecule has 0 aliphatic carbocycles. The molecule has 0 radical (unpaired) electrons. The lowest BCUT2D eigenvalue weighted by atomic mass is 9.97. The first-order valence-corrected chi connectivity index (χ1v) is 7.19. The van der Waals surface area contributed by atoms with E-state index < -0.39 is 0 Å². The zero-order valence-corrected chi connectivity index (χ0v) is 13.4. The van der Waals surface area contributed by atoms with Crippen molar-refractivity contribution in [3.63, 3.8) is 0 Å². The molecule has 3 nitrogen and oxygen atoms in total. The van der Waals surface area contributed by atoms with Gasteiger partial charge in [-0.15, -0.1) is 12.4 Å². The molecule has 5 heteroatoms. The number of carbonyl (C=O) groups is 1. The summed E-state index contributed by atoms with van der Waals surface area (Å²) in [5.74, 6) is 0.376. The second-order valence-electron chi connectivity index (χ2n) is 4.81. The molecule has 0 atom stereocenters. The van der Waals surface area contributed by atoms with Crippen LogP contribution in [0.4, 0.5) is 0 Å². The largest absolute Gasteiger partial charge is 0.352 e. The topological polar surface area (TPSA) is 41.1 Å². The quantitative estimate of drug-likeness (QED) is 0.883. The minimum absolute atomic E-state index is 0. The van der Waals surface area contributed by atoms with Gasteiger partial charge in [0.25, 0.3) is 0 Å². The molecule has 0 unspecified atom stereocenters. The van der Waals surface area contributed by atoms with E-state index in [9.17, 15) is 4.79 Å². The standard InChI is InChI=1S/C14H19BrN2O.ClH/c1-10-8-13(15)3-2-12(10)9-17-14(18)11-4-6-16-7-5-11;/h2-3,8,11,16H,4-7,9H2,1H3,(H,17,18);1H. The number of amides is 1. The Morgan fingerprint density at radius 1 is 1.42 bits per heavy atom. The van der Waals surface area contributed by atoms with Gasteiger partial charge in [0, 0.05) is 16.9 Å². The molecule has 2 N–H and O–H groups in total. The molecular weight excluding hydrogens is 328 g/mol. The Morgan fingerprint density at radius 3 is 2.74 bits per heavy atom. The molecule has 106 valence electrons. The number of halogens is 2. The van der Waals surface area contributed by atoms with Gasteiger partial charge in [0.15, 0.2) is 0 Å². The fourth-order valence-electron chi connectivity index (χ4n) is 2.27. The molecule has 1 amide bonds. The van der Waals surface area contributed by atoms with E-state index in [1.54, 1.807) is 0 Å². The van der Waals surface area contributed by atoms with Crippen molar-refractivity contribution in [1.82, 2.24) is 10.6 Å². The van der Waals surface area contributed by atoms with E-state index in [0.29, 0.717) is 6.54 Å². The summed E-state index contributed by atoms with van der Waals surface area (Å²) in [4.78, 5) is 12.0. The summed E-state index contributed by atoms with van der Waals surface area (Å²) in [6, 6.07) is 6.15. The number of piperidine rings is 1. The number of benzene rings is 1. The van der Waals surface area contributed by atoms with Gasteiger partial charge >= 0.3 is 0 Å². The third-order valence-corrected chi connectivity index (χ3v) is 3.96. The third-order valence-electron chi connectivity index (χ3n) is 3.47. The first-order valence-electron chi connectivity index (χ1n) is 6.40. The van der Waals surface area contributed by atoms with Gasteiger partial charge in [0.05, 0.1) is 0 Å². The fraction of sp³-hybridized carbons (Fsp3) is 0.500. The minimum atomic E-state index is 0. The van der Waals surface area contributed by atoms with E-state index in [2.05, 4.69) is 45.6 Å². The van der Waals surface area contributed by atoms with Gasteiger partial charge in [0.2, 0.25) is 5.91 Å². The van der Waals surface area contributed by atoms with E-state index in [-0.39, 0.29) is 24.2 Å². The van der Waals surface area contributed by atoms with Crippen LogP contribution >= 0.6 is 28.3 Å². The highest BCUT2D eigenvalue weighted by molar-refractivity contribution is 9.10. The zero-order chi connectivity index (χ0) is 13.0. The average Bonchev–Trinajstić information content (AvgIpc) is 2.38. The predicted molar refractivity (Wildman–Crippen MR) is 83.6 cm³/mol. The van der Waals surface area contributed by atoms with Crippen LogP contribution in [0.5, 0.6) is 0 Å². The summed E-state index contributed by atoms with van der Waals surface area (Å²) >= 11 is 3.44. The molecule has 1 aliphatic rings. The van der Waals surface area contributed by atoms with Crippen LogP contribution in [0.1, 0.15) is 24.0 Å². The van der Waals surface area contributed by atoms with Crippen molar-refractivity contribution >= 4 is 34.2 Å². The van der Waals surface area contributed by atoms with Crippen molar-refractivity contribution in [1.29, 1.82) is 0 Å². The van der Waals surface area contributed by atoms with E-state index in [1.165, 1.54) is 11.1 Å². The second-order valence-corrected chi connectivity index (χ2v) is 5.73. The highest BCUT2D eigenvalue weighted by Gasteiger charge is 2.20. The van der Waals surface area contributed by atoms with Crippen molar-refractivity contribution in [2.45, 2.75) is 26.3 Å². The summed E-state index contributed by atoms with van der Waals surface area (Å²) in [6.45, 7) is 4.60. The molecule has 1 aromatic carbocycles. The summed E-state index contributed by atoms with van der Waals surface area (Å²) in [7, 11) is 0. The molecule has 0 bridgehead atoms. The second kappa shape index (κ2) is 7.88. The molecule has 0 aromatic heterocycles. The fourth-order valence-corrected chi connectivity index (χ4v) is 2.74. The molecular formula is C14H20BrClN2O. The molecule has 1 fully saturated rings. The van der Waals surface area contributed by atoms with E-state index >= 15 is 0 Å². The number of hydrogen-bond acceptors (Lipinski definition) is 2. The van der Waals surface area contributed by atoms with Crippen molar-refractivity contribution in [2.75, 3.05) is 13.1 Å². The van der Waals surface area contributed by atoms with Gasteiger partial charge < -0.3 is 10.6 Å². The number of hydrogen-bond donors (Lipinski definition) is 2. The Labute approximate surface area is 129 Å². The maximum absolute atomic E-state index is 12.0. The van der Waals surface area contributed by atoms with E-state index in [4.69, 9.17) is 0 Å². The Hall–Kier alpha value is -0.580. The van der Waals surface area contributed by atoms with Crippen LogP contribution in [0, 0.1) is 12.8 Å². The SMILES string of the molecule is Cc1cc(Br)ccc1CNC(=O)C1CCNCC1.Cl. The van der Waals surface area contributed by atoms with Crippen LogP contribution < -0.4 is 10.6 Å². The molecule has 1 aliphatic heterocycles. The smallest absolute Gasteiger partial charge is 0.223 e. The monoisotopic (exact) mass is 346 g/mol. The first kappa shape index (κ1) is 16.5. The van der Waals surface area contributed by atoms with Crippen LogP contribution in [-0.4, -0.2) is 19.0 Å². The highest BCUT2D eigenvalue weighted by atomic mass is 79.9. The number of aryl methyl sites for hydroxylation is 1. The zero-order valence-electron chi connectivity index (χ0n) is 11.0. The predicted octanol–water partition coefficient (Wildman–Crippen LogP) is 2.80. The number of rotatable bonds is 3. The molecule has 2 rings (SSSR count). The molecule has 0 saturated carbocycles. The third kappa shape index (κ3) is 4.79. The van der Waals surface area contributed by atoms with Crippen LogP contribution in [0.15, 0.2) is 22.7 Å². The molecule has 19 heavy (non-hydrogen) atoms. The van der Waals surface area contributed by atoms with Crippen molar-refractivity contribution in [3.8, 4) is 0 Å². The maximum Gasteiger partial charge on any atom is 0.223 e. The number of carbonyl (C=O) groups excluding carboxylic acids is 1. The van der Waals surface area contributed by atoms with Gasteiger partial charge in [-0.25, -0.2) is 0 Å². The normalized spacial score (nSPS) is 15.7. The van der Waals surface area contributed by atoms with Gasteiger partial charge in [-0.2, -0.15) is 0 Å². The van der Waals surface area contributed by atoms with Crippen LogP contribution in [0.2, 0.25) is 0 Å². The summed E-state index contributed by atoms with van der Waals surface area (Å²) in [5, 5.41) is 6.32. The van der Waals surface area contributed by atoms with Crippen LogP contribution in [-0.2, 0) is 11.3 Å². The Morgan fingerprint density at radius 2 is 2.11 bits per heavy atom. The average molecular weight is 348 g/mol. The Bertz CT molecular complexity index is 433. The minimum Gasteiger partial charge on any atom is -0.352 e. The summed E-state index contributed by atoms with van der Waals surface area (Å²) < 4.78 is 1.08. The molecule has 0 spiro atoms. The number of nitrogens with one attached hydrogen (secondary N) is 2. The van der Waals surface area contributed by atoms with Crippen molar-refractivity contribution in [3.05, 3.63) is 33.8 Å². The summed E-state index contributed by atoms with van der Waals surface area (Å²) in [6.07, 6.45) is 1.90. The Balaban J connectivity index is 0.00000180. The van der Waals surface area contributed by atoms with Gasteiger partial charge in [-0.1, -0.05) is 22.0 Å².